The van der Waals surface area contributed by atoms with Gasteiger partial charge in [0.05, 0.1) is 21.1 Å². The molecule has 0 spiro atoms. The number of benzene rings is 1. The average Bonchev–Trinajstić information content (AvgIpc) is 3.14. The molecule has 0 atom stereocenters. The molecule has 27 heavy (non-hydrogen) atoms. The summed E-state index contributed by atoms with van der Waals surface area (Å²) in [5.74, 6) is 0. The molecule has 2 aliphatic rings. The number of fused-ring (bicyclic) bond motifs is 1. The molecule has 0 bridgehead atoms. The number of sulfonamides is 1. The van der Waals surface area contributed by atoms with Crippen molar-refractivity contribution in [2.24, 2.45) is 5.16 Å². The lowest BCUT2D eigenvalue weighted by atomic mass is 9.85. The molecule has 1 aromatic carbocycles. The van der Waals surface area contributed by atoms with Gasteiger partial charge < -0.3 is 10.3 Å². The molecular formula is C19H22N2O4S2. The van der Waals surface area contributed by atoms with Crippen LogP contribution in [0.5, 0.6) is 0 Å². The second kappa shape index (κ2) is 7.01. The Kier molecular flexibility index (Phi) is 4.84. The summed E-state index contributed by atoms with van der Waals surface area (Å²) in [5, 5.41) is 25.1. The van der Waals surface area contributed by atoms with E-state index in [4.69, 9.17) is 0 Å². The molecule has 144 valence electrons. The van der Waals surface area contributed by atoms with Gasteiger partial charge in [-0.15, -0.1) is 11.3 Å². The van der Waals surface area contributed by atoms with E-state index in [0.717, 1.165) is 22.4 Å². The van der Waals surface area contributed by atoms with E-state index in [1.165, 1.54) is 15.6 Å². The molecule has 1 aliphatic heterocycles. The number of oxime groups is 1. The summed E-state index contributed by atoms with van der Waals surface area (Å²) < 4.78 is 27.9. The fraction of sp³-hybridized carbons (Fsp3) is 0.421. The van der Waals surface area contributed by atoms with Crippen molar-refractivity contribution < 1.29 is 18.7 Å². The SMILES string of the molecule is O=S(=O)(c1csc2c1CCC/C2=N/O)N1CCC(O)(c2ccccc2)CC1. The number of aliphatic hydroxyl groups is 1. The van der Waals surface area contributed by atoms with Crippen molar-refractivity contribution in [2.75, 3.05) is 13.1 Å². The highest BCUT2D eigenvalue weighted by atomic mass is 32.2. The summed E-state index contributed by atoms with van der Waals surface area (Å²) in [6.07, 6.45) is 2.85. The van der Waals surface area contributed by atoms with Crippen LogP contribution in [0.1, 0.15) is 41.7 Å². The van der Waals surface area contributed by atoms with Gasteiger partial charge in [0, 0.05) is 18.5 Å². The van der Waals surface area contributed by atoms with E-state index >= 15 is 0 Å². The number of nitrogens with zero attached hydrogens (tertiary/aromatic N) is 2. The Morgan fingerprint density at radius 1 is 1.11 bits per heavy atom. The number of hydrogen-bond donors (Lipinski definition) is 2. The zero-order chi connectivity index (χ0) is 19.1. The lowest BCUT2D eigenvalue weighted by Crippen LogP contribution is -2.45. The second-order valence-electron chi connectivity index (χ2n) is 7.11. The molecule has 0 radical (unpaired) electrons. The molecular weight excluding hydrogens is 384 g/mol. The molecule has 8 heteroatoms. The van der Waals surface area contributed by atoms with E-state index < -0.39 is 15.6 Å². The molecule has 1 aromatic heterocycles. The maximum absolute atomic E-state index is 13.2. The van der Waals surface area contributed by atoms with Crippen LogP contribution in [0.25, 0.3) is 0 Å². The zero-order valence-electron chi connectivity index (χ0n) is 14.8. The summed E-state index contributed by atoms with van der Waals surface area (Å²) in [6.45, 7) is 0.554. The maximum atomic E-state index is 13.2. The number of piperidine rings is 1. The molecule has 2 heterocycles. The molecule has 2 aromatic rings. The van der Waals surface area contributed by atoms with Crippen molar-refractivity contribution in [3.63, 3.8) is 0 Å². The molecule has 0 unspecified atom stereocenters. The fourth-order valence-electron chi connectivity index (χ4n) is 3.98. The van der Waals surface area contributed by atoms with Crippen LogP contribution in [0.3, 0.4) is 0 Å². The smallest absolute Gasteiger partial charge is 0.244 e. The van der Waals surface area contributed by atoms with Crippen LogP contribution in [-0.2, 0) is 22.0 Å². The third-order valence-corrected chi connectivity index (χ3v) is 8.74. The summed E-state index contributed by atoms with van der Waals surface area (Å²) in [4.78, 5) is 1.11. The van der Waals surface area contributed by atoms with Gasteiger partial charge in [-0.05, 0) is 43.2 Å². The van der Waals surface area contributed by atoms with Crippen molar-refractivity contribution >= 4 is 27.1 Å². The monoisotopic (exact) mass is 406 g/mol. The van der Waals surface area contributed by atoms with Crippen molar-refractivity contribution in [1.82, 2.24) is 4.31 Å². The van der Waals surface area contributed by atoms with Crippen molar-refractivity contribution in [2.45, 2.75) is 42.6 Å². The second-order valence-corrected chi connectivity index (χ2v) is 9.90. The molecule has 1 fully saturated rings. The van der Waals surface area contributed by atoms with Crippen LogP contribution in [0.4, 0.5) is 0 Å². The van der Waals surface area contributed by atoms with E-state index in [1.807, 2.05) is 30.3 Å². The standard InChI is InChI=1S/C19H22N2O4S2/c22-19(14-5-2-1-3-6-14)9-11-21(12-10-19)27(24,25)17-13-26-18-15(17)7-4-8-16(18)20-23/h1-3,5-6,13,22-23H,4,7-12H2/b20-16-. The minimum atomic E-state index is -3.63. The van der Waals surface area contributed by atoms with Crippen molar-refractivity contribution in [3.05, 3.63) is 51.7 Å². The van der Waals surface area contributed by atoms with Gasteiger partial charge >= 0.3 is 0 Å². The van der Waals surface area contributed by atoms with Crippen LogP contribution in [0, 0.1) is 0 Å². The Morgan fingerprint density at radius 3 is 2.48 bits per heavy atom. The van der Waals surface area contributed by atoms with E-state index in [1.54, 1.807) is 5.38 Å². The van der Waals surface area contributed by atoms with Gasteiger partial charge in [0.2, 0.25) is 10.0 Å². The van der Waals surface area contributed by atoms with Crippen molar-refractivity contribution in [3.8, 4) is 0 Å². The molecule has 1 saturated heterocycles. The Hall–Kier alpha value is -1.74. The summed E-state index contributed by atoms with van der Waals surface area (Å²) in [5.41, 5.74) is 1.18. The topological polar surface area (TPSA) is 90.2 Å². The lowest BCUT2D eigenvalue weighted by molar-refractivity contribution is -0.00961. The first kappa shape index (κ1) is 18.6. The first-order valence-corrected chi connectivity index (χ1v) is 11.4. The van der Waals surface area contributed by atoms with Gasteiger partial charge in [-0.2, -0.15) is 4.31 Å². The van der Waals surface area contributed by atoms with E-state index in [-0.39, 0.29) is 13.1 Å². The quantitative estimate of drug-likeness (QED) is 0.606. The van der Waals surface area contributed by atoms with Gasteiger partial charge in [-0.3, -0.25) is 0 Å². The van der Waals surface area contributed by atoms with Crippen LogP contribution < -0.4 is 0 Å². The molecule has 0 saturated carbocycles. The van der Waals surface area contributed by atoms with Crippen molar-refractivity contribution in [1.29, 1.82) is 0 Å². The Bertz CT molecular complexity index is 959. The highest BCUT2D eigenvalue weighted by Gasteiger charge is 2.39. The summed E-state index contributed by atoms with van der Waals surface area (Å²) >= 11 is 1.33. The normalized spacial score (nSPS) is 21.9. The van der Waals surface area contributed by atoms with Gasteiger partial charge in [0.15, 0.2) is 0 Å². The third kappa shape index (κ3) is 3.20. The number of rotatable bonds is 3. The van der Waals surface area contributed by atoms with Crippen LogP contribution >= 0.6 is 11.3 Å². The predicted octanol–water partition coefficient (Wildman–Crippen LogP) is 2.94. The Labute approximate surface area is 162 Å². The molecule has 2 N–H and O–H groups in total. The van der Waals surface area contributed by atoms with Crippen LogP contribution in [0.2, 0.25) is 0 Å². The minimum absolute atomic E-state index is 0.277. The zero-order valence-corrected chi connectivity index (χ0v) is 16.5. The predicted molar refractivity (Wildman–Crippen MR) is 104 cm³/mol. The molecule has 6 nitrogen and oxygen atoms in total. The minimum Gasteiger partial charge on any atom is -0.411 e. The highest BCUT2D eigenvalue weighted by molar-refractivity contribution is 7.89. The first-order valence-electron chi connectivity index (χ1n) is 9.05. The third-order valence-electron chi connectivity index (χ3n) is 5.56. The van der Waals surface area contributed by atoms with Gasteiger partial charge in [-0.25, -0.2) is 8.42 Å². The van der Waals surface area contributed by atoms with E-state index in [9.17, 15) is 18.7 Å². The lowest BCUT2D eigenvalue weighted by Gasteiger charge is -2.38. The Morgan fingerprint density at radius 2 is 1.81 bits per heavy atom. The average molecular weight is 407 g/mol. The number of thiophene rings is 1. The van der Waals surface area contributed by atoms with Gasteiger partial charge in [-0.1, -0.05) is 35.5 Å². The van der Waals surface area contributed by atoms with E-state index in [2.05, 4.69) is 5.16 Å². The van der Waals surface area contributed by atoms with Gasteiger partial charge in [0.1, 0.15) is 0 Å². The maximum Gasteiger partial charge on any atom is 0.244 e. The molecule has 4 rings (SSSR count). The first-order chi connectivity index (χ1) is 13.0. The van der Waals surface area contributed by atoms with E-state index in [0.29, 0.717) is 36.3 Å². The van der Waals surface area contributed by atoms with Crippen LogP contribution in [-0.4, -0.2) is 41.8 Å². The molecule has 1 aliphatic carbocycles. The largest absolute Gasteiger partial charge is 0.411 e. The fourth-order valence-corrected chi connectivity index (χ4v) is 7.13. The Balaban J connectivity index is 1.58. The molecule has 0 amide bonds. The number of hydrogen-bond acceptors (Lipinski definition) is 6. The van der Waals surface area contributed by atoms with Gasteiger partial charge in [0.25, 0.3) is 0 Å². The highest BCUT2D eigenvalue weighted by Crippen LogP contribution is 2.38. The summed E-state index contributed by atoms with van der Waals surface area (Å²) in [7, 11) is -3.63. The summed E-state index contributed by atoms with van der Waals surface area (Å²) in [6, 6.07) is 9.43. The van der Waals surface area contributed by atoms with Crippen LogP contribution in [0.15, 0.2) is 45.8 Å².